The molecule has 2 rings (SSSR count). The highest BCUT2D eigenvalue weighted by Gasteiger charge is 2.36. The predicted octanol–water partition coefficient (Wildman–Crippen LogP) is -0.359. The lowest BCUT2D eigenvalue weighted by Crippen LogP contribution is -2.62. The molecule has 0 saturated carbocycles. The molecule has 3 N–H and O–H groups in total. The van der Waals surface area contributed by atoms with Crippen molar-refractivity contribution >= 4 is 11.6 Å². The number of amides is 1. The number of piperazine rings is 1. The molecule has 104 valence electrons. The number of anilines is 1. The molecular formula is C13H20N4O2. The van der Waals surface area contributed by atoms with Crippen molar-refractivity contribution in [1.29, 1.82) is 0 Å². The zero-order valence-corrected chi connectivity index (χ0v) is 11.3. The van der Waals surface area contributed by atoms with E-state index in [1.54, 1.807) is 16.8 Å². The zero-order valence-electron chi connectivity index (χ0n) is 11.3. The highest BCUT2D eigenvalue weighted by atomic mass is 16.2. The van der Waals surface area contributed by atoms with Gasteiger partial charge in [-0.25, -0.2) is 0 Å². The summed E-state index contributed by atoms with van der Waals surface area (Å²) in [4.78, 5) is 25.6. The average Bonchev–Trinajstić information content (AvgIpc) is 2.35. The second-order valence-electron chi connectivity index (χ2n) is 5.30. The number of hydrogen-bond acceptors (Lipinski definition) is 4. The summed E-state index contributed by atoms with van der Waals surface area (Å²) >= 11 is 0. The standard InChI is InChI=1S/C13H20N4O2/c1-13(2)12(19)15-5-6-17(13)8-7-16-9-10(14)3-4-11(16)18/h3-4,9H,5-8,14H2,1-2H3,(H,15,19). The van der Waals surface area contributed by atoms with Crippen LogP contribution in [-0.4, -0.2) is 40.5 Å². The van der Waals surface area contributed by atoms with Crippen molar-refractivity contribution in [3.63, 3.8) is 0 Å². The number of nitrogens with one attached hydrogen (secondary N) is 1. The van der Waals surface area contributed by atoms with E-state index in [4.69, 9.17) is 5.73 Å². The molecule has 19 heavy (non-hydrogen) atoms. The number of hydrogen-bond donors (Lipinski definition) is 2. The van der Waals surface area contributed by atoms with Gasteiger partial charge in [0.15, 0.2) is 0 Å². The topological polar surface area (TPSA) is 80.4 Å². The van der Waals surface area contributed by atoms with E-state index in [1.807, 2.05) is 13.8 Å². The number of nitrogens with zero attached hydrogens (tertiary/aromatic N) is 2. The Morgan fingerprint density at radius 1 is 1.32 bits per heavy atom. The molecule has 0 radical (unpaired) electrons. The molecule has 1 fully saturated rings. The van der Waals surface area contributed by atoms with Crippen molar-refractivity contribution in [2.24, 2.45) is 0 Å². The summed E-state index contributed by atoms with van der Waals surface area (Å²) < 4.78 is 1.58. The molecule has 0 spiro atoms. The van der Waals surface area contributed by atoms with E-state index in [0.717, 1.165) is 6.54 Å². The molecule has 0 bridgehead atoms. The van der Waals surface area contributed by atoms with E-state index in [-0.39, 0.29) is 11.5 Å². The van der Waals surface area contributed by atoms with E-state index in [1.165, 1.54) is 6.07 Å². The lowest BCUT2D eigenvalue weighted by molar-refractivity contribution is -0.135. The van der Waals surface area contributed by atoms with E-state index >= 15 is 0 Å². The van der Waals surface area contributed by atoms with Crippen LogP contribution in [0.4, 0.5) is 5.69 Å². The molecule has 0 aliphatic carbocycles. The van der Waals surface area contributed by atoms with Crippen LogP contribution in [0.2, 0.25) is 0 Å². The molecule has 1 aliphatic heterocycles. The van der Waals surface area contributed by atoms with Crippen molar-refractivity contribution in [2.75, 3.05) is 25.4 Å². The van der Waals surface area contributed by atoms with Gasteiger partial charge in [0.1, 0.15) is 0 Å². The van der Waals surface area contributed by atoms with Crippen LogP contribution in [0.5, 0.6) is 0 Å². The first-order valence-electron chi connectivity index (χ1n) is 6.40. The van der Waals surface area contributed by atoms with Gasteiger partial charge >= 0.3 is 0 Å². The number of pyridine rings is 1. The molecule has 1 amide bonds. The molecule has 2 heterocycles. The Bertz CT molecular complexity index is 536. The maximum absolute atomic E-state index is 11.8. The molecule has 0 unspecified atom stereocenters. The van der Waals surface area contributed by atoms with Crippen molar-refractivity contribution in [2.45, 2.75) is 25.9 Å². The molecule has 1 aromatic heterocycles. The molecule has 0 atom stereocenters. The first-order valence-corrected chi connectivity index (χ1v) is 6.40. The maximum atomic E-state index is 11.8. The number of aromatic nitrogens is 1. The van der Waals surface area contributed by atoms with E-state index in [0.29, 0.717) is 25.3 Å². The minimum Gasteiger partial charge on any atom is -0.398 e. The summed E-state index contributed by atoms with van der Waals surface area (Å²) in [6.07, 6.45) is 1.64. The zero-order chi connectivity index (χ0) is 14.0. The smallest absolute Gasteiger partial charge is 0.250 e. The molecular weight excluding hydrogens is 244 g/mol. The van der Waals surface area contributed by atoms with E-state index in [9.17, 15) is 9.59 Å². The highest BCUT2D eigenvalue weighted by molar-refractivity contribution is 5.86. The fourth-order valence-corrected chi connectivity index (χ4v) is 2.29. The molecule has 1 aliphatic rings. The van der Waals surface area contributed by atoms with Crippen LogP contribution in [0, 0.1) is 0 Å². The third-order valence-corrected chi connectivity index (χ3v) is 3.63. The third kappa shape index (κ3) is 2.78. The van der Waals surface area contributed by atoms with Crippen LogP contribution in [-0.2, 0) is 11.3 Å². The molecule has 0 aromatic carbocycles. The normalized spacial score (nSPS) is 19.2. The molecule has 1 saturated heterocycles. The predicted molar refractivity (Wildman–Crippen MR) is 73.8 cm³/mol. The third-order valence-electron chi connectivity index (χ3n) is 3.63. The maximum Gasteiger partial charge on any atom is 0.250 e. The van der Waals surface area contributed by atoms with Crippen LogP contribution in [0.15, 0.2) is 23.1 Å². The Morgan fingerprint density at radius 3 is 2.79 bits per heavy atom. The molecule has 1 aromatic rings. The molecule has 6 heteroatoms. The number of carbonyl (C=O) groups excluding carboxylic acids is 1. The average molecular weight is 264 g/mol. The Kier molecular flexibility index (Phi) is 3.61. The van der Waals surface area contributed by atoms with Crippen molar-refractivity contribution in [3.8, 4) is 0 Å². The lowest BCUT2D eigenvalue weighted by atomic mass is 9.99. The van der Waals surface area contributed by atoms with Gasteiger partial charge in [-0.15, -0.1) is 0 Å². The summed E-state index contributed by atoms with van der Waals surface area (Å²) in [6.45, 7) is 6.39. The van der Waals surface area contributed by atoms with Crippen molar-refractivity contribution in [3.05, 3.63) is 28.7 Å². The molecule has 6 nitrogen and oxygen atoms in total. The van der Waals surface area contributed by atoms with Gasteiger partial charge in [-0.1, -0.05) is 0 Å². The first-order chi connectivity index (χ1) is 8.91. The van der Waals surface area contributed by atoms with Crippen LogP contribution in [0.3, 0.4) is 0 Å². The number of carbonyl (C=O) groups is 1. The van der Waals surface area contributed by atoms with Gasteiger partial charge in [0.25, 0.3) is 5.56 Å². The second kappa shape index (κ2) is 5.05. The monoisotopic (exact) mass is 264 g/mol. The van der Waals surface area contributed by atoms with Gasteiger partial charge in [0.05, 0.1) is 5.54 Å². The lowest BCUT2D eigenvalue weighted by Gasteiger charge is -2.41. The van der Waals surface area contributed by atoms with Gasteiger partial charge in [-0.3, -0.25) is 14.5 Å². The van der Waals surface area contributed by atoms with E-state index in [2.05, 4.69) is 10.2 Å². The fourth-order valence-electron chi connectivity index (χ4n) is 2.29. The van der Waals surface area contributed by atoms with E-state index < -0.39 is 5.54 Å². The van der Waals surface area contributed by atoms with Crippen LogP contribution in [0.1, 0.15) is 13.8 Å². The first kappa shape index (κ1) is 13.6. The number of nitrogen functional groups attached to an aromatic ring is 1. The van der Waals surface area contributed by atoms with Crippen LogP contribution in [0.25, 0.3) is 0 Å². The summed E-state index contributed by atoms with van der Waals surface area (Å²) in [5, 5.41) is 2.85. The van der Waals surface area contributed by atoms with Gasteiger partial charge in [-0.05, 0) is 19.9 Å². The van der Waals surface area contributed by atoms with Gasteiger partial charge in [0.2, 0.25) is 5.91 Å². The minimum atomic E-state index is -0.540. The number of nitrogens with two attached hydrogens (primary N) is 1. The Labute approximate surface area is 112 Å². The summed E-state index contributed by atoms with van der Waals surface area (Å²) in [7, 11) is 0. The Balaban J connectivity index is 2.08. The Morgan fingerprint density at radius 2 is 2.05 bits per heavy atom. The minimum absolute atomic E-state index is 0.0265. The largest absolute Gasteiger partial charge is 0.398 e. The van der Waals surface area contributed by atoms with Gasteiger partial charge in [0, 0.05) is 44.1 Å². The van der Waals surface area contributed by atoms with Crippen LogP contribution < -0.4 is 16.6 Å². The van der Waals surface area contributed by atoms with Crippen LogP contribution >= 0.6 is 0 Å². The number of rotatable bonds is 3. The summed E-state index contributed by atoms with van der Waals surface area (Å²) in [5.41, 5.74) is 5.62. The van der Waals surface area contributed by atoms with Gasteiger partial charge in [-0.2, -0.15) is 0 Å². The van der Waals surface area contributed by atoms with Crippen molar-refractivity contribution in [1.82, 2.24) is 14.8 Å². The second-order valence-corrected chi connectivity index (χ2v) is 5.30. The van der Waals surface area contributed by atoms with Crippen molar-refractivity contribution < 1.29 is 4.79 Å². The summed E-state index contributed by atoms with van der Waals surface area (Å²) in [6, 6.07) is 3.06. The summed E-state index contributed by atoms with van der Waals surface area (Å²) in [5.74, 6) is 0.0265. The highest BCUT2D eigenvalue weighted by Crippen LogP contribution is 2.17. The Hall–Kier alpha value is -1.82. The quantitative estimate of drug-likeness (QED) is 0.781. The SMILES string of the molecule is CC1(C)C(=O)NCCN1CCn1cc(N)ccc1=O. The van der Waals surface area contributed by atoms with Gasteiger partial charge < -0.3 is 15.6 Å². The fraction of sp³-hybridized carbons (Fsp3) is 0.538.